The minimum absolute atomic E-state index is 0.174. The van der Waals surface area contributed by atoms with Crippen LogP contribution in [0, 0.1) is 6.92 Å². The van der Waals surface area contributed by atoms with Gasteiger partial charge in [0.25, 0.3) is 0 Å². The Morgan fingerprint density at radius 1 is 1.31 bits per heavy atom. The van der Waals surface area contributed by atoms with E-state index in [1.165, 1.54) is 0 Å². The monoisotopic (exact) mass is 279 g/mol. The zero-order valence-electron chi connectivity index (χ0n) is 8.66. The third-order valence-electron chi connectivity index (χ3n) is 2.20. The number of hydrogen-bond donors (Lipinski definition) is 1. The van der Waals surface area contributed by atoms with Gasteiger partial charge in [0.15, 0.2) is 5.76 Å². The van der Waals surface area contributed by atoms with Gasteiger partial charge in [0.1, 0.15) is 5.76 Å². The van der Waals surface area contributed by atoms with E-state index in [1.54, 1.807) is 37.3 Å². The van der Waals surface area contributed by atoms with Crippen molar-refractivity contribution < 1.29 is 9.21 Å². The average Bonchev–Trinajstić information content (AvgIpc) is 2.67. The van der Waals surface area contributed by atoms with Gasteiger partial charge in [-0.3, -0.25) is 4.79 Å². The number of anilines is 1. The maximum Gasteiger partial charge on any atom is 0.229 e. The highest BCUT2D eigenvalue weighted by atomic mass is 79.9. The van der Waals surface area contributed by atoms with Gasteiger partial charge in [0.05, 0.1) is 0 Å². The molecule has 0 aliphatic rings. The Balaban J connectivity index is 2.45. The highest BCUT2D eigenvalue weighted by molar-refractivity contribution is 9.10. The van der Waals surface area contributed by atoms with E-state index in [2.05, 4.69) is 15.9 Å². The van der Waals surface area contributed by atoms with E-state index >= 15 is 0 Å². The van der Waals surface area contributed by atoms with Crippen molar-refractivity contribution in [2.45, 2.75) is 6.92 Å². The molecule has 1 heterocycles. The molecule has 0 aliphatic carbocycles. The number of halogens is 1. The summed E-state index contributed by atoms with van der Waals surface area (Å²) in [4.78, 5) is 12.1. The highest BCUT2D eigenvalue weighted by Gasteiger charge is 2.15. The van der Waals surface area contributed by atoms with Gasteiger partial charge in [-0.15, -0.1) is 0 Å². The summed E-state index contributed by atoms with van der Waals surface area (Å²) < 4.78 is 5.99. The molecule has 1 aromatic heterocycles. The number of hydrogen-bond acceptors (Lipinski definition) is 3. The van der Waals surface area contributed by atoms with Crippen LogP contribution in [0.1, 0.15) is 21.9 Å². The number of ketones is 1. The molecule has 0 spiro atoms. The smallest absolute Gasteiger partial charge is 0.229 e. The van der Waals surface area contributed by atoms with Crippen LogP contribution in [0.3, 0.4) is 0 Å². The fourth-order valence-corrected chi connectivity index (χ4v) is 1.83. The summed E-state index contributed by atoms with van der Waals surface area (Å²) in [5.74, 6) is 0.861. The predicted octanol–water partition coefficient (Wildman–Crippen LogP) is 3.16. The van der Waals surface area contributed by atoms with Crippen molar-refractivity contribution in [3.05, 3.63) is 51.9 Å². The van der Waals surface area contributed by atoms with E-state index in [1.807, 2.05) is 0 Å². The number of nitrogens with two attached hydrogens (primary N) is 1. The molecule has 0 saturated heterocycles. The minimum Gasteiger partial charge on any atom is -0.458 e. The summed E-state index contributed by atoms with van der Waals surface area (Å²) >= 11 is 3.32. The molecule has 1 aromatic carbocycles. The molecule has 0 atom stereocenters. The van der Waals surface area contributed by atoms with Gasteiger partial charge in [0.2, 0.25) is 5.78 Å². The fourth-order valence-electron chi connectivity index (χ4n) is 1.41. The van der Waals surface area contributed by atoms with Gasteiger partial charge in [0, 0.05) is 15.7 Å². The first kappa shape index (κ1) is 11.0. The zero-order valence-corrected chi connectivity index (χ0v) is 10.2. The van der Waals surface area contributed by atoms with Crippen LogP contribution in [0.5, 0.6) is 0 Å². The first-order valence-electron chi connectivity index (χ1n) is 4.74. The van der Waals surface area contributed by atoms with Crippen LogP contribution >= 0.6 is 15.9 Å². The minimum atomic E-state index is -0.174. The molecule has 0 bridgehead atoms. The summed E-state index contributed by atoms with van der Waals surface area (Å²) in [7, 11) is 0. The molecule has 2 rings (SSSR count). The third kappa shape index (κ3) is 2.02. The molecule has 82 valence electrons. The molecule has 3 nitrogen and oxygen atoms in total. The van der Waals surface area contributed by atoms with Crippen molar-refractivity contribution in [1.82, 2.24) is 0 Å². The Hall–Kier alpha value is -1.55. The molecule has 4 heteroatoms. The molecule has 0 saturated carbocycles. The van der Waals surface area contributed by atoms with Crippen molar-refractivity contribution in [2.24, 2.45) is 0 Å². The lowest BCUT2D eigenvalue weighted by molar-refractivity contribution is 0.101. The topological polar surface area (TPSA) is 56.2 Å². The maximum atomic E-state index is 12.1. The third-order valence-corrected chi connectivity index (χ3v) is 2.89. The number of carbonyl (C=O) groups excluding carboxylic acids is 1. The van der Waals surface area contributed by atoms with Crippen molar-refractivity contribution in [3.63, 3.8) is 0 Å². The quantitative estimate of drug-likeness (QED) is 0.679. The molecule has 0 amide bonds. The molecule has 0 radical (unpaired) electrons. The van der Waals surface area contributed by atoms with Gasteiger partial charge in [-0.25, -0.2) is 0 Å². The number of rotatable bonds is 2. The van der Waals surface area contributed by atoms with E-state index < -0.39 is 0 Å². The first-order chi connectivity index (χ1) is 7.58. The first-order valence-corrected chi connectivity index (χ1v) is 5.53. The number of carbonyl (C=O) groups is 1. The van der Waals surface area contributed by atoms with E-state index in [4.69, 9.17) is 10.2 Å². The largest absolute Gasteiger partial charge is 0.458 e. The molecular weight excluding hydrogens is 270 g/mol. The molecule has 16 heavy (non-hydrogen) atoms. The molecule has 0 unspecified atom stereocenters. The van der Waals surface area contributed by atoms with Crippen molar-refractivity contribution in [3.8, 4) is 0 Å². The van der Waals surface area contributed by atoms with Crippen LogP contribution in [-0.4, -0.2) is 5.78 Å². The summed E-state index contributed by atoms with van der Waals surface area (Å²) in [6, 6.07) is 8.53. The van der Waals surface area contributed by atoms with Crippen LogP contribution in [-0.2, 0) is 0 Å². The van der Waals surface area contributed by atoms with Crippen LogP contribution in [0.2, 0.25) is 0 Å². The van der Waals surface area contributed by atoms with E-state index in [0.717, 1.165) is 0 Å². The Bertz CT molecular complexity index is 546. The summed E-state index contributed by atoms with van der Waals surface area (Å²) in [5.41, 5.74) is 6.70. The standard InChI is InChI=1S/C12H10BrNO2/c1-7-2-5-11(16-7)12(15)9-6-8(14)3-4-10(9)13/h2-6H,14H2,1H3. The normalized spacial score (nSPS) is 10.4. The van der Waals surface area contributed by atoms with Gasteiger partial charge < -0.3 is 10.2 Å². The summed E-state index contributed by atoms with van der Waals surface area (Å²) in [6.45, 7) is 1.80. The lowest BCUT2D eigenvalue weighted by Crippen LogP contribution is -2.02. The van der Waals surface area contributed by atoms with E-state index in [0.29, 0.717) is 27.2 Å². The lowest BCUT2D eigenvalue weighted by Gasteiger charge is -2.02. The molecule has 0 aliphatic heterocycles. The zero-order chi connectivity index (χ0) is 11.7. The molecule has 2 aromatic rings. The molecular formula is C12H10BrNO2. The average molecular weight is 280 g/mol. The number of benzene rings is 1. The Morgan fingerprint density at radius 3 is 2.69 bits per heavy atom. The SMILES string of the molecule is Cc1ccc(C(=O)c2cc(N)ccc2Br)o1. The number of aryl methyl sites for hydroxylation is 1. The second-order valence-electron chi connectivity index (χ2n) is 3.48. The van der Waals surface area contributed by atoms with Crippen LogP contribution in [0.25, 0.3) is 0 Å². The van der Waals surface area contributed by atoms with E-state index in [9.17, 15) is 4.79 Å². The number of nitrogen functional groups attached to an aromatic ring is 1. The van der Waals surface area contributed by atoms with Crippen LogP contribution in [0.4, 0.5) is 5.69 Å². The highest BCUT2D eigenvalue weighted by Crippen LogP contribution is 2.23. The van der Waals surface area contributed by atoms with Gasteiger partial charge in [-0.05, 0) is 37.3 Å². The second kappa shape index (κ2) is 4.14. The predicted molar refractivity (Wildman–Crippen MR) is 65.4 cm³/mol. The Kier molecular flexibility index (Phi) is 2.83. The van der Waals surface area contributed by atoms with Gasteiger partial charge in [-0.1, -0.05) is 15.9 Å². The lowest BCUT2D eigenvalue weighted by atomic mass is 10.1. The fraction of sp³-hybridized carbons (Fsp3) is 0.0833. The maximum absolute atomic E-state index is 12.1. The Labute approximate surface area is 101 Å². The van der Waals surface area contributed by atoms with Gasteiger partial charge in [-0.2, -0.15) is 0 Å². The Morgan fingerprint density at radius 2 is 2.06 bits per heavy atom. The molecule has 0 fully saturated rings. The molecule has 2 N–H and O–H groups in total. The van der Waals surface area contributed by atoms with E-state index in [-0.39, 0.29) is 5.78 Å². The van der Waals surface area contributed by atoms with Crippen LogP contribution in [0.15, 0.2) is 39.2 Å². The van der Waals surface area contributed by atoms with Gasteiger partial charge >= 0.3 is 0 Å². The van der Waals surface area contributed by atoms with Crippen molar-refractivity contribution in [1.29, 1.82) is 0 Å². The second-order valence-corrected chi connectivity index (χ2v) is 4.33. The van der Waals surface area contributed by atoms with Crippen LogP contribution < -0.4 is 5.73 Å². The number of furan rings is 1. The van der Waals surface area contributed by atoms with Crippen molar-refractivity contribution in [2.75, 3.05) is 5.73 Å². The van der Waals surface area contributed by atoms with Crippen molar-refractivity contribution >= 4 is 27.4 Å². The summed E-state index contributed by atoms with van der Waals surface area (Å²) in [5, 5.41) is 0. The summed E-state index contributed by atoms with van der Waals surface area (Å²) in [6.07, 6.45) is 0.